The second-order valence-corrected chi connectivity index (χ2v) is 6.35. The Bertz CT molecular complexity index is 649. The molecule has 0 radical (unpaired) electrons. The average molecular weight is 427 g/mol. The normalized spacial score (nSPS) is 9.59. The Balaban J connectivity index is 0.00000220. The molecule has 1 aromatic carbocycles. The summed E-state index contributed by atoms with van der Waals surface area (Å²) in [5.74, 6) is -0.109. The quantitative estimate of drug-likeness (QED) is 0.712. The van der Waals surface area contributed by atoms with Crippen LogP contribution in [0.25, 0.3) is 0 Å². The van der Waals surface area contributed by atoms with E-state index in [2.05, 4.69) is 26.2 Å². The molecular weight excluding hydrogens is 409 g/mol. The molecule has 1 amide bonds. The van der Waals surface area contributed by atoms with Crippen LogP contribution in [0.15, 0.2) is 22.0 Å². The fraction of sp³-hybridized carbons (Fsp3) is 0.286. The maximum absolute atomic E-state index is 12.0. The van der Waals surface area contributed by atoms with E-state index in [1.54, 1.807) is 17.4 Å². The van der Waals surface area contributed by atoms with Crippen molar-refractivity contribution in [1.82, 2.24) is 4.98 Å². The van der Waals surface area contributed by atoms with E-state index < -0.39 is 0 Å². The Hall–Kier alpha value is -0.820. The van der Waals surface area contributed by atoms with Gasteiger partial charge in [-0.05, 0) is 31.0 Å². The Morgan fingerprint density at radius 1 is 1.41 bits per heavy atom. The predicted molar refractivity (Wildman–Crippen MR) is 102 cm³/mol. The maximum Gasteiger partial charge on any atom is 0.230 e. The van der Waals surface area contributed by atoms with Gasteiger partial charge < -0.3 is 11.1 Å². The molecule has 0 spiro atoms. The number of anilines is 2. The Morgan fingerprint density at radius 3 is 2.68 bits per heavy atom. The third-order valence-corrected chi connectivity index (χ3v) is 4.37. The highest BCUT2D eigenvalue weighted by atomic mass is 79.9. The van der Waals surface area contributed by atoms with Gasteiger partial charge in [0.25, 0.3) is 0 Å². The van der Waals surface area contributed by atoms with Gasteiger partial charge in [-0.25, -0.2) is 4.98 Å². The monoisotopic (exact) mass is 425 g/mol. The zero-order chi connectivity index (χ0) is 14.7. The number of nitrogens with zero attached hydrogens (tertiary/aromatic N) is 1. The van der Waals surface area contributed by atoms with Crippen molar-refractivity contribution in [2.45, 2.75) is 26.7 Å². The van der Waals surface area contributed by atoms with Gasteiger partial charge in [0, 0.05) is 9.85 Å². The molecule has 8 heteroatoms. The van der Waals surface area contributed by atoms with Gasteiger partial charge in [-0.15, -0.1) is 36.2 Å². The minimum absolute atomic E-state index is 0. The van der Waals surface area contributed by atoms with Crippen LogP contribution in [-0.4, -0.2) is 10.9 Å². The fourth-order valence-electron chi connectivity index (χ4n) is 1.81. The number of carbonyl (C=O) groups excluding carboxylic acids is 1. The van der Waals surface area contributed by atoms with Crippen molar-refractivity contribution in [3.8, 4) is 0 Å². The number of carbonyl (C=O) groups is 1. The molecule has 4 nitrogen and oxygen atoms in total. The number of aromatic nitrogens is 1. The van der Waals surface area contributed by atoms with Crippen LogP contribution in [0, 0.1) is 6.92 Å². The van der Waals surface area contributed by atoms with E-state index in [0.29, 0.717) is 11.4 Å². The number of benzene rings is 1. The summed E-state index contributed by atoms with van der Waals surface area (Å²) < 4.78 is 0.890. The first kappa shape index (κ1) is 21.2. The third-order valence-electron chi connectivity index (χ3n) is 2.87. The number of hydrogen-bond acceptors (Lipinski definition) is 4. The van der Waals surface area contributed by atoms with Crippen LogP contribution >= 0.6 is 52.1 Å². The zero-order valence-electron chi connectivity index (χ0n) is 12.2. The van der Waals surface area contributed by atoms with Gasteiger partial charge >= 0.3 is 0 Å². The van der Waals surface area contributed by atoms with Gasteiger partial charge in [-0.2, -0.15) is 0 Å². The van der Waals surface area contributed by atoms with Gasteiger partial charge in [0.2, 0.25) is 5.91 Å². The van der Waals surface area contributed by atoms with E-state index in [9.17, 15) is 4.79 Å². The smallest absolute Gasteiger partial charge is 0.230 e. The van der Waals surface area contributed by atoms with Crippen molar-refractivity contribution in [2.75, 3.05) is 11.1 Å². The number of nitrogens with two attached hydrogens (primary N) is 1. The summed E-state index contributed by atoms with van der Waals surface area (Å²) in [6, 6.07) is 3.72. The molecule has 0 saturated carbocycles. The summed E-state index contributed by atoms with van der Waals surface area (Å²) in [6.07, 6.45) is 1.16. The molecule has 3 N–H and O–H groups in total. The van der Waals surface area contributed by atoms with Crippen LogP contribution < -0.4 is 11.1 Å². The molecule has 2 aromatic rings. The van der Waals surface area contributed by atoms with Gasteiger partial charge in [0.15, 0.2) is 0 Å². The molecule has 0 fully saturated rings. The third kappa shape index (κ3) is 5.43. The summed E-state index contributed by atoms with van der Waals surface area (Å²) >= 11 is 4.98. The lowest BCUT2D eigenvalue weighted by Gasteiger charge is -2.10. The molecule has 2 rings (SSSR count). The second kappa shape index (κ2) is 9.35. The van der Waals surface area contributed by atoms with Crippen molar-refractivity contribution in [2.24, 2.45) is 0 Å². The zero-order valence-corrected chi connectivity index (χ0v) is 16.2. The van der Waals surface area contributed by atoms with Crippen LogP contribution in [0.5, 0.6) is 0 Å². The molecule has 122 valence electrons. The number of thiazole rings is 1. The molecule has 0 atom stereocenters. The summed E-state index contributed by atoms with van der Waals surface area (Å²) in [4.78, 5) is 16.4. The van der Waals surface area contributed by atoms with Gasteiger partial charge in [-0.1, -0.05) is 22.9 Å². The van der Waals surface area contributed by atoms with Crippen molar-refractivity contribution in [3.05, 3.63) is 38.3 Å². The number of nitrogens with one attached hydrogen (secondary N) is 1. The van der Waals surface area contributed by atoms with Crippen LogP contribution in [0.3, 0.4) is 0 Å². The van der Waals surface area contributed by atoms with Crippen molar-refractivity contribution in [3.63, 3.8) is 0 Å². The van der Waals surface area contributed by atoms with Crippen LogP contribution in [0.2, 0.25) is 0 Å². The fourth-order valence-corrected chi connectivity index (χ4v) is 3.13. The molecular formula is C14H18BrCl2N3OS. The van der Waals surface area contributed by atoms with E-state index in [-0.39, 0.29) is 37.1 Å². The first-order valence-electron chi connectivity index (χ1n) is 6.28. The lowest BCUT2D eigenvalue weighted by Crippen LogP contribution is -2.16. The standard InChI is InChI=1S/C14H16BrN3OS.2ClH/c1-3-13-17-10(7-20-13)6-12(19)18-11-5-9(15)4-8(2)14(11)16;;/h4-5,7H,3,6,16H2,1-2H3,(H,18,19);2*1H. The van der Waals surface area contributed by atoms with Gasteiger partial charge in [0.1, 0.15) is 0 Å². The van der Waals surface area contributed by atoms with E-state index in [0.717, 1.165) is 27.2 Å². The van der Waals surface area contributed by atoms with E-state index in [1.165, 1.54) is 0 Å². The maximum atomic E-state index is 12.0. The number of rotatable bonds is 4. The number of amides is 1. The second-order valence-electron chi connectivity index (χ2n) is 4.50. The Labute approximate surface area is 154 Å². The Kier molecular flexibility index (Phi) is 9.00. The molecule has 0 aliphatic carbocycles. The predicted octanol–water partition coefficient (Wildman–Crippen LogP) is 4.38. The Morgan fingerprint density at radius 2 is 2.09 bits per heavy atom. The van der Waals surface area contributed by atoms with Crippen LogP contribution in [0.4, 0.5) is 11.4 Å². The summed E-state index contributed by atoms with van der Waals surface area (Å²) in [6.45, 7) is 3.96. The summed E-state index contributed by atoms with van der Waals surface area (Å²) in [5, 5.41) is 5.81. The summed E-state index contributed by atoms with van der Waals surface area (Å²) in [7, 11) is 0. The van der Waals surface area contributed by atoms with Crippen molar-refractivity contribution >= 4 is 69.4 Å². The number of hydrogen-bond donors (Lipinski definition) is 2. The lowest BCUT2D eigenvalue weighted by atomic mass is 10.1. The van der Waals surface area contributed by atoms with E-state index in [1.807, 2.05) is 25.3 Å². The topological polar surface area (TPSA) is 68.0 Å². The largest absolute Gasteiger partial charge is 0.397 e. The highest BCUT2D eigenvalue weighted by molar-refractivity contribution is 9.10. The minimum Gasteiger partial charge on any atom is -0.397 e. The van der Waals surface area contributed by atoms with E-state index >= 15 is 0 Å². The number of aryl methyl sites for hydroxylation is 2. The van der Waals surface area contributed by atoms with Crippen LogP contribution in [-0.2, 0) is 17.6 Å². The van der Waals surface area contributed by atoms with Crippen LogP contribution in [0.1, 0.15) is 23.2 Å². The molecule has 0 saturated heterocycles. The first-order valence-corrected chi connectivity index (χ1v) is 7.95. The number of nitrogen functional groups attached to an aromatic ring is 1. The van der Waals surface area contributed by atoms with Gasteiger partial charge in [0.05, 0.1) is 28.5 Å². The van der Waals surface area contributed by atoms with Gasteiger partial charge in [-0.3, -0.25) is 4.79 Å². The summed E-state index contributed by atoms with van der Waals surface area (Å²) in [5.41, 5.74) is 8.92. The highest BCUT2D eigenvalue weighted by Gasteiger charge is 2.11. The first-order chi connectivity index (χ1) is 9.49. The average Bonchev–Trinajstić information content (AvgIpc) is 2.82. The molecule has 0 unspecified atom stereocenters. The molecule has 22 heavy (non-hydrogen) atoms. The molecule has 0 aliphatic rings. The lowest BCUT2D eigenvalue weighted by molar-refractivity contribution is -0.115. The molecule has 0 aliphatic heterocycles. The molecule has 1 aromatic heterocycles. The number of halogens is 3. The SMILES string of the molecule is CCc1nc(CC(=O)Nc2cc(Br)cc(C)c2N)cs1.Cl.Cl. The minimum atomic E-state index is -0.109. The van der Waals surface area contributed by atoms with Crippen molar-refractivity contribution in [1.29, 1.82) is 0 Å². The molecule has 0 bridgehead atoms. The van der Waals surface area contributed by atoms with E-state index in [4.69, 9.17) is 5.73 Å². The van der Waals surface area contributed by atoms with Crippen molar-refractivity contribution < 1.29 is 4.79 Å². The molecule has 1 heterocycles. The highest BCUT2D eigenvalue weighted by Crippen LogP contribution is 2.27.